The zero-order chi connectivity index (χ0) is 18.8. The Morgan fingerprint density at radius 3 is 2.33 bits per heavy atom. The molecule has 1 N–H and O–H groups in total. The second kappa shape index (κ2) is 7.13. The van der Waals surface area contributed by atoms with Crippen molar-refractivity contribution < 1.29 is 0 Å². The average Bonchev–Trinajstić information content (AvgIpc) is 3.12. The second-order valence-corrected chi connectivity index (χ2v) is 7.02. The fourth-order valence-corrected chi connectivity index (χ4v) is 3.53. The van der Waals surface area contributed by atoms with E-state index in [0.29, 0.717) is 0 Å². The monoisotopic (exact) mass is 349 g/mol. The Bertz CT molecular complexity index is 1110. The maximum absolute atomic E-state index is 4.27. The van der Waals surface area contributed by atoms with E-state index in [1.807, 2.05) is 0 Å². The summed E-state index contributed by atoms with van der Waals surface area (Å²) < 4.78 is 0. The van der Waals surface area contributed by atoms with E-state index in [1.165, 1.54) is 27.6 Å². The molecule has 132 valence electrons. The van der Waals surface area contributed by atoms with Crippen molar-refractivity contribution in [2.45, 2.75) is 13.8 Å². The maximum atomic E-state index is 4.27. The molecule has 0 bridgehead atoms. The first-order chi connectivity index (χ1) is 13.1. The van der Waals surface area contributed by atoms with Gasteiger partial charge in [0.15, 0.2) is 0 Å². The van der Waals surface area contributed by atoms with Crippen molar-refractivity contribution in [2.75, 3.05) is 0 Å². The Kier molecular flexibility index (Phi) is 4.52. The lowest BCUT2D eigenvalue weighted by atomic mass is 9.97. The van der Waals surface area contributed by atoms with Crippen LogP contribution in [0, 0.1) is 6.92 Å². The van der Waals surface area contributed by atoms with Gasteiger partial charge < -0.3 is 4.98 Å². The molecule has 1 heterocycles. The molecule has 0 amide bonds. The van der Waals surface area contributed by atoms with Crippen molar-refractivity contribution in [3.8, 4) is 11.3 Å². The lowest BCUT2D eigenvalue weighted by Crippen LogP contribution is -1.87. The van der Waals surface area contributed by atoms with Crippen LogP contribution in [-0.4, -0.2) is 4.98 Å². The van der Waals surface area contributed by atoms with Crippen molar-refractivity contribution in [3.63, 3.8) is 0 Å². The number of para-hydroxylation sites is 1. The quantitative estimate of drug-likeness (QED) is 0.373. The van der Waals surface area contributed by atoms with Gasteiger partial charge in [0.2, 0.25) is 0 Å². The normalized spacial score (nSPS) is 11.7. The van der Waals surface area contributed by atoms with Gasteiger partial charge in [-0.1, -0.05) is 79.4 Å². The highest BCUT2D eigenvalue weighted by Gasteiger charge is 2.05. The predicted molar refractivity (Wildman–Crippen MR) is 118 cm³/mol. The molecule has 27 heavy (non-hydrogen) atoms. The van der Waals surface area contributed by atoms with Gasteiger partial charge in [0, 0.05) is 16.6 Å². The van der Waals surface area contributed by atoms with E-state index in [9.17, 15) is 0 Å². The summed E-state index contributed by atoms with van der Waals surface area (Å²) in [5, 5.41) is 1.23. The Morgan fingerprint density at radius 2 is 1.59 bits per heavy atom. The highest BCUT2D eigenvalue weighted by molar-refractivity contribution is 5.87. The van der Waals surface area contributed by atoms with Gasteiger partial charge in [-0.15, -0.1) is 0 Å². The van der Waals surface area contributed by atoms with Crippen molar-refractivity contribution in [1.29, 1.82) is 0 Å². The molecule has 4 rings (SSSR count). The number of aryl methyl sites for hydroxylation is 1. The Morgan fingerprint density at radius 1 is 0.889 bits per heavy atom. The maximum Gasteiger partial charge on any atom is 0.0464 e. The number of hydrogen-bond acceptors (Lipinski definition) is 0. The van der Waals surface area contributed by atoms with E-state index in [1.54, 1.807) is 0 Å². The van der Waals surface area contributed by atoms with Crippen LogP contribution in [-0.2, 0) is 0 Å². The fraction of sp³-hybridized carbons (Fsp3) is 0.0769. The molecule has 0 atom stereocenters. The Hall–Kier alpha value is -3.32. The SMILES string of the molecule is C=C(/C=C(/C)c1ccccc1C)c1ccc(-c2cc3ccccc3[nH]2)cc1. The van der Waals surface area contributed by atoms with Gasteiger partial charge in [-0.25, -0.2) is 0 Å². The van der Waals surface area contributed by atoms with Gasteiger partial charge in [0.05, 0.1) is 0 Å². The molecule has 0 spiro atoms. The summed E-state index contributed by atoms with van der Waals surface area (Å²) >= 11 is 0. The summed E-state index contributed by atoms with van der Waals surface area (Å²) in [4.78, 5) is 3.49. The summed E-state index contributed by atoms with van der Waals surface area (Å²) in [7, 11) is 0. The molecule has 1 heteroatoms. The molecular formula is C26H23N. The van der Waals surface area contributed by atoms with Gasteiger partial charge in [0.25, 0.3) is 0 Å². The van der Waals surface area contributed by atoms with Crippen LogP contribution >= 0.6 is 0 Å². The minimum absolute atomic E-state index is 1.03. The first kappa shape index (κ1) is 17.1. The van der Waals surface area contributed by atoms with Crippen LogP contribution in [0.15, 0.2) is 91.5 Å². The van der Waals surface area contributed by atoms with E-state index in [4.69, 9.17) is 0 Å². The molecular weight excluding hydrogens is 326 g/mol. The summed E-state index contributed by atoms with van der Waals surface area (Å²) in [5.74, 6) is 0. The summed E-state index contributed by atoms with van der Waals surface area (Å²) in [6.07, 6.45) is 2.17. The lowest BCUT2D eigenvalue weighted by Gasteiger charge is -2.08. The largest absolute Gasteiger partial charge is 0.355 e. The minimum atomic E-state index is 1.03. The van der Waals surface area contributed by atoms with Gasteiger partial charge in [-0.2, -0.15) is 0 Å². The number of aromatic nitrogens is 1. The van der Waals surface area contributed by atoms with Gasteiger partial charge in [-0.3, -0.25) is 0 Å². The van der Waals surface area contributed by atoms with Gasteiger partial charge in [-0.05, 0) is 59.4 Å². The van der Waals surface area contributed by atoms with Crippen LogP contribution in [0.2, 0.25) is 0 Å². The highest BCUT2D eigenvalue weighted by Crippen LogP contribution is 2.27. The molecule has 0 aliphatic carbocycles. The van der Waals surface area contributed by atoms with E-state index in [2.05, 4.69) is 110 Å². The van der Waals surface area contributed by atoms with E-state index in [-0.39, 0.29) is 0 Å². The third-order valence-corrected chi connectivity index (χ3v) is 5.06. The number of nitrogens with one attached hydrogen (secondary N) is 1. The molecule has 4 aromatic rings. The van der Waals surface area contributed by atoms with E-state index < -0.39 is 0 Å². The van der Waals surface area contributed by atoms with E-state index in [0.717, 1.165) is 22.3 Å². The molecule has 1 aromatic heterocycles. The summed E-state index contributed by atoms with van der Waals surface area (Å²) in [6, 6.07) is 27.6. The van der Waals surface area contributed by atoms with Gasteiger partial charge >= 0.3 is 0 Å². The highest BCUT2D eigenvalue weighted by atomic mass is 14.7. The predicted octanol–water partition coefficient (Wildman–Crippen LogP) is 7.26. The minimum Gasteiger partial charge on any atom is -0.355 e. The average molecular weight is 349 g/mol. The van der Waals surface area contributed by atoms with Crippen LogP contribution < -0.4 is 0 Å². The molecule has 0 aliphatic rings. The number of rotatable bonds is 4. The van der Waals surface area contributed by atoms with Gasteiger partial charge in [0.1, 0.15) is 0 Å². The van der Waals surface area contributed by atoms with Crippen molar-refractivity contribution in [3.05, 3.63) is 108 Å². The number of hydrogen-bond donors (Lipinski definition) is 1. The van der Waals surface area contributed by atoms with Crippen molar-refractivity contribution in [2.24, 2.45) is 0 Å². The van der Waals surface area contributed by atoms with Crippen LogP contribution in [0.4, 0.5) is 0 Å². The van der Waals surface area contributed by atoms with Crippen molar-refractivity contribution in [1.82, 2.24) is 4.98 Å². The zero-order valence-electron chi connectivity index (χ0n) is 15.8. The smallest absolute Gasteiger partial charge is 0.0464 e. The standard InChI is InChI=1S/C26H23N/c1-18-8-4-6-10-24(18)20(3)16-19(2)21-12-14-22(15-13-21)26-17-23-9-5-7-11-25(23)27-26/h4-17,27H,2H2,1,3H3/b20-16-. The molecule has 0 fully saturated rings. The molecule has 1 nitrogen and oxygen atoms in total. The third-order valence-electron chi connectivity index (χ3n) is 5.06. The Balaban J connectivity index is 1.59. The summed E-state index contributed by atoms with van der Waals surface area (Å²) in [5.41, 5.74) is 9.45. The third kappa shape index (κ3) is 3.50. The number of H-pyrrole nitrogens is 1. The summed E-state index contributed by atoms with van der Waals surface area (Å²) in [6.45, 7) is 8.56. The number of fused-ring (bicyclic) bond motifs is 1. The Labute approximate surface area is 160 Å². The van der Waals surface area contributed by atoms with Crippen molar-refractivity contribution >= 4 is 22.0 Å². The number of aromatic amines is 1. The van der Waals surface area contributed by atoms with Crippen LogP contribution in [0.5, 0.6) is 0 Å². The lowest BCUT2D eigenvalue weighted by molar-refractivity contribution is 1.41. The van der Waals surface area contributed by atoms with Crippen LogP contribution in [0.25, 0.3) is 33.3 Å². The zero-order valence-corrected chi connectivity index (χ0v) is 15.8. The van der Waals surface area contributed by atoms with E-state index >= 15 is 0 Å². The molecule has 0 saturated carbocycles. The number of benzene rings is 3. The molecule has 0 radical (unpaired) electrons. The molecule has 0 unspecified atom stereocenters. The first-order valence-corrected chi connectivity index (χ1v) is 9.23. The number of allylic oxidation sites excluding steroid dienone is 3. The van der Waals surface area contributed by atoms with Crippen LogP contribution in [0.3, 0.4) is 0 Å². The molecule has 0 aliphatic heterocycles. The first-order valence-electron chi connectivity index (χ1n) is 9.23. The molecule has 0 saturated heterocycles. The fourth-order valence-electron chi connectivity index (χ4n) is 3.53. The second-order valence-electron chi connectivity index (χ2n) is 7.02. The van der Waals surface area contributed by atoms with Crippen LogP contribution in [0.1, 0.15) is 23.6 Å². The molecule has 3 aromatic carbocycles. The topological polar surface area (TPSA) is 15.8 Å².